The van der Waals surface area contributed by atoms with Crippen LogP contribution in [0.3, 0.4) is 0 Å². The monoisotopic (exact) mass is 538 g/mol. The fourth-order valence-electron chi connectivity index (χ4n) is 10.8. The second-order valence-electron chi connectivity index (χ2n) is 14.1. The second kappa shape index (κ2) is 8.92. The lowest BCUT2D eigenvalue weighted by Gasteiger charge is -2.64. The van der Waals surface area contributed by atoms with Crippen molar-refractivity contribution in [3.8, 4) is 0 Å². The SMILES string of the molecule is CCOC(=O)[C@]1(C)CCC[C@@]2(C)[C@@H]3CC[C@@]4(C)C[C@]3(CC[C@@H]21)[C@@H]1CON(C(=S)Nc2c(C)cccc2C)[C@@H]14. The molecule has 38 heavy (non-hydrogen) atoms. The average molecular weight is 539 g/mol. The summed E-state index contributed by atoms with van der Waals surface area (Å²) in [6.07, 6.45) is 9.32. The minimum atomic E-state index is -0.363. The molecule has 1 aromatic rings. The van der Waals surface area contributed by atoms with Gasteiger partial charge in [0.2, 0.25) is 0 Å². The van der Waals surface area contributed by atoms with Crippen LogP contribution in [0.4, 0.5) is 5.69 Å². The van der Waals surface area contributed by atoms with E-state index in [1.165, 1.54) is 43.2 Å². The number of benzene rings is 1. The fraction of sp³-hybridized carbons (Fsp3) is 0.750. The van der Waals surface area contributed by atoms with Crippen molar-refractivity contribution in [3.63, 3.8) is 0 Å². The minimum Gasteiger partial charge on any atom is -0.466 e. The second-order valence-corrected chi connectivity index (χ2v) is 14.5. The maximum Gasteiger partial charge on any atom is 0.312 e. The summed E-state index contributed by atoms with van der Waals surface area (Å²) in [4.78, 5) is 19.8. The minimum absolute atomic E-state index is 0.0371. The summed E-state index contributed by atoms with van der Waals surface area (Å²) in [6, 6.07) is 6.66. The lowest BCUT2D eigenvalue weighted by atomic mass is 9.39. The molecule has 1 saturated heterocycles. The van der Waals surface area contributed by atoms with Crippen LogP contribution in [0.1, 0.15) is 90.2 Å². The Hall–Kier alpha value is -1.66. The van der Waals surface area contributed by atoms with Crippen molar-refractivity contribution in [2.24, 2.45) is 39.4 Å². The molecule has 0 radical (unpaired) electrons. The summed E-state index contributed by atoms with van der Waals surface area (Å²) in [5.74, 6) is 1.53. The zero-order valence-corrected chi connectivity index (χ0v) is 25.0. The van der Waals surface area contributed by atoms with E-state index in [0.29, 0.717) is 35.5 Å². The quantitative estimate of drug-likeness (QED) is 0.324. The van der Waals surface area contributed by atoms with Crippen molar-refractivity contribution in [3.05, 3.63) is 29.3 Å². The topological polar surface area (TPSA) is 50.8 Å². The van der Waals surface area contributed by atoms with Crippen LogP contribution in [0, 0.1) is 53.3 Å². The number of esters is 1. The Labute approximate surface area is 234 Å². The van der Waals surface area contributed by atoms with Gasteiger partial charge in [0.25, 0.3) is 0 Å². The molecule has 0 unspecified atom stereocenters. The maximum atomic E-state index is 13.3. The van der Waals surface area contributed by atoms with Gasteiger partial charge in [-0.25, -0.2) is 5.06 Å². The largest absolute Gasteiger partial charge is 0.466 e. The van der Waals surface area contributed by atoms with Gasteiger partial charge in [-0.3, -0.25) is 9.63 Å². The number of carbonyl (C=O) groups is 1. The van der Waals surface area contributed by atoms with E-state index in [1.54, 1.807) is 0 Å². The highest BCUT2D eigenvalue weighted by Gasteiger charge is 2.73. The molecule has 208 valence electrons. The van der Waals surface area contributed by atoms with Gasteiger partial charge in [-0.1, -0.05) is 38.5 Å². The lowest BCUT2D eigenvalue weighted by Crippen LogP contribution is -2.60. The highest BCUT2D eigenvalue weighted by atomic mass is 32.1. The van der Waals surface area contributed by atoms with Crippen molar-refractivity contribution in [1.82, 2.24) is 5.06 Å². The highest BCUT2D eigenvalue weighted by molar-refractivity contribution is 7.80. The van der Waals surface area contributed by atoms with Crippen LogP contribution in [0.15, 0.2) is 18.2 Å². The standard InChI is InChI=1S/C32H46N2O3S/c1-7-36-27(35)31(6)15-9-14-30(5)23(31)13-17-32-19-29(4,16-12-24(30)32)26-22(32)18-37-34(26)28(38)33-25-20(2)10-8-11-21(25)3/h8,10-11,22-24,26H,7,9,12-19H2,1-6H3,(H,33,38)/t22-,23+,24+,26+,29+,30-,31-,32-/m1/s1. The summed E-state index contributed by atoms with van der Waals surface area (Å²) in [6.45, 7) is 14.7. The lowest BCUT2D eigenvalue weighted by molar-refractivity contribution is -0.195. The van der Waals surface area contributed by atoms with Gasteiger partial charge < -0.3 is 10.1 Å². The Bertz CT molecular complexity index is 1140. The molecule has 0 amide bonds. The number of para-hydroxylation sites is 1. The molecule has 4 aliphatic carbocycles. The van der Waals surface area contributed by atoms with Crippen molar-refractivity contribution in [2.75, 3.05) is 18.5 Å². The van der Waals surface area contributed by atoms with Crippen LogP contribution in [0.5, 0.6) is 0 Å². The number of nitrogens with zero attached hydrogens (tertiary/aromatic N) is 1. The van der Waals surface area contributed by atoms with Gasteiger partial charge in [0.05, 0.1) is 24.7 Å². The fourth-order valence-corrected chi connectivity index (χ4v) is 11.1. The van der Waals surface area contributed by atoms with E-state index >= 15 is 0 Å². The molecule has 4 saturated carbocycles. The normalized spacial score (nSPS) is 43.2. The number of aryl methyl sites for hydroxylation is 2. The van der Waals surface area contributed by atoms with E-state index in [4.69, 9.17) is 21.8 Å². The first kappa shape index (κ1) is 26.6. The van der Waals surface area contributed by atoms with Gasteiger partial charge in [0.1, 0.15) is 0 Å². The summed E-state index contributed by atoms with van der Waals surface area (Å²) < 4.78 is 5.68. The van der Waals surface area contributed by atoms with Gasteiger partial charge in [-0.15, -0.1) is 0 Å². The molecule has 0 aromatic heterocycles. The van der Waals surface area contributed by atoms with E-state index in [9.17, 15) is 4.79 Å². The molecule has 5 nitrogen and oxygen atoms in total. The number of hydrogen-bond donors (Lipinski definition) is 1. The smallest absolute Gasteiger partial charge is 0.312 e. The van der Waals surface area contributed by atoms with Crippen molar-refractivity contribution < 1.29 is 14.4 Å². The molecular weight excluding hydrogens is 492 g/mol. The third kappa shape index (κ3) is 3.51. The van der Waals surface area contributed by atoms with Crippen LogP contribution in [-0.2, 0) is 14.4 Å². The predicted molar refractivity (Wildman–Crippen MR) is 155 cm³/mol. The van der Waals surface area contributed by atoms with Crippen LogP contribution in [0.25, 0.3) is 0 Å². The van der Waals surface area contributed by atoms with E-state index in [2.05, 4.69) is 63.2 Å². The van der Waals surface area contributed by atoms with Crippen molar-refractivity contribution in [2.45, 2.75) is 99.0 Å². The number of carbonyl (C=O) groups excluding carboxylic acids is 1. The van der Waals surface area contributed by atoms with Crippen LogP contribution < -0.4 is 5.32 Å². The number of rotatable bonds is 3. The molecule has 1 N–H and O–H groups in total. The molecule has 5 fully saturated rings. The Balaban J connectivity index is 1.31. The molecule has 2 bridgehead atoms. The Morgan fingerprint density at radius 3 is 2.53 bits per heavy atom. The Morgan fingerprint density at radius 2 is 1.82 bits per heavy atom. The number of ether oxygens (including phenoxy) is 1. The zero-order valence-electron chi connectivity index (χ0n) is 24.2. The van der Waals surface area contributed by atoms with Gasteiger partial charge in [-0.05, 0) is 124 Å². The average Bonchev–Trinajstić information content (AvgIpc) is 3.39. The number of nitrogens with one attached hydrogen (secondary N) is 1. The molecule has 1 aliphatic heterocycles. The van der Waals surface area contributed by atoms with E-state index in [0.717, 1.165) is 31.6 Å². The summed E-state index contributed by atoms with van der Waals surface area (Å²) in [5.41, 5.74) is 3.75. The van der Waals surface area contributed by atoms with E-state index in [-0.39, 0.29) is 27.6 Å². The summed E-state index contributed by atoms with van der Waals surface area (Å²) in [5, 5.41) is 6.37. The summed E-state index contributed by atoms with van der Waals surface area (Å²) in [7, 11) is 0. The third-order valence-corrected chi connectivity index (χ3v) is 12.5. The predicted octanol–water partition coefficient (Wildman–Crippen LogP) is 7.21. The maximum absolute atomic E-state index is 13.3. The molecular formula is C32H46N2O3S. The van der Waals surface area contributed by atoms with E-state index in [1.807, 2.05) is 6.92 Å². The molecule has 6 rings (SSSR count). The van der Waals surface area contributed by atoms with Crippen molar-refractivity contribution >= 4 is 29.0 Å². The number of thiocarbonyl (C=S) groups is 1. The number of fused-ring (bicyclic) bond motifs is 5. The van der Waals surface area contributed by atoms with Gasteiger partial charge in [-0.2, -0.15) is 0 Å². The first-order valence-electron chi connectivity index (χ1n) is 15.0. The summed E-state index contributed by atoms with van der Waals surface area (Å²) >= 11 is 6.03. The Kier molecular flexibility index (Phi) is 6.24. The van der Waals surface area contributed by atoms with Gasteiger partial charge in [0.15, 0.2) is 5.11 Å². The number of hydroxylamine groups is 2. The molecule has 1 heterocycles. The first-order chi connectivity index (χ1) is 18.0. The third-order valence-electron chi connectivity index (χ3n) is 12.2. The molecule has 6 heteroatoms. The first-order valence-corrected chi connectivity index (χ1v) is 15.4. The molecule has 5 aliphatic rings. The van der Waals surface area contributed by atoms with Gasteiger partial charge in [0, 0.05) is 11.6 Å². The van der Waals surface area contributed by atoms with E-state index < -0.39 is 0 Å². The van der Waals surface area contributed by atoms with Gasteiger partial charge >= 0.3 is 5.97 Å². The highest BCUT2D eigenvalue weighted by Crippen LogP contribution is 2.76. The Morgan fingerprint density at radius 1 is 1.11 bits per heavy atom. The number of hydrogen-bond acceptors (Lipinski definition) is 4. The van der Waals surface area contributed by atoms with Crippen LogP contribution in [0.2, 0.25) is 0 Å². The van der Waals surface area contributed by atoms with Crippen molar-refractivity contribution in [1.29, 1.82) is 0 Å². The molecule has 1 aromatic carbocycles. The number of anilines is 1. The van der Waals surface area contributed by atoms with Crippen LogP contribution in [-0.4, -0.2) is 35.4 Å². The molecule has 8 atom stereocenters. The zero-order chi connectivity index (χ0) is 27.1. The molecule has 1 spiro atoms. The van der Waals surface area contributed by atoms with Crippen LogP contribution >= 0.6 is 12.2 Å².